The highest BCUT2D eigenvalue weighted by atomic mass is 16.6. The van der Waals surface area contributed by atoms with E-state index in [1.54, 1.807) is 0 Å². The number of hydrogen-bond donors (Lipinski definition) is 0. The van der Waals surface area contributed by atoms with E-state index in [1.165, 1.54) is 12.0 Å². The molecule has 2 bridgehead atoms. The number of fused-ring (bicyclic) bond motifs is 3. The van der Waals surface area contributed by atoms with Crippen molar-refractivity contribution in [2.45, 2.75) is 84.6 Å². The standard InChI is InChI=1S/C26H35NO6/c1-24(2,3)21-27(23(30)32-17-18-8-6-5-7-9-18)19(20(28)33-21)16-25-10-13-26(14-11-25,15-12-25)22(29)31-4/h5-9,19,21H,10-17H2,1-4H3/t19-,21+,25?,26?/m0/s1. The van der Waals surface area contributed by atoms with Crippen molar-refractivity contribution in [3.63, 3.8) is 0 Å². The van der Waals surface area contributed by atoms with Crippen LogP contribution in [0.15, 0.2) is 30.3 Å². The summed E-state index contributed by atoms with van der Waals surface area (Å²) in [6, 6.07) is 8.81. The fourth-order valence-corrected chi connectivity index (χ4v) is 5.82. The molecule has 0 N–H and O–H groups in total. The first-order valence-corrected chi connectivity index (χ1v) is 11.9. The van der Waals surface area contributed by atoms with Crippen molar-refractivity contribution in [3.05, 3.63) is 35.9 Å². The molecule has 4 fully saturated rings. The molecule has 180 valence electrons. The Kier molecular flexibility index (Phi) is 6.18. The van der Waals surface area contributed by atoms with E-state index in [4.69, 9.17) is 14.2 Å². The van der Waals surface area contributed by atoms with E-state index >= 15 is 0 Å². The van der Waals surface area contributed by atoms with Gasteiger partial charge in [0.1, 0.15) is 12.6 Å². The third kappa shape index (κ3) is 4.46. The summed E-state index contributed by atoms with van der Waals surface area (Å²) in [4.78, 5) is 40.2. The number of ether oxygens (including phenoxy) is 3. The smallest absolute Gasteiger partial charge is 0.413 e. The van der Waals surface area contributed by atoms with Crippen molar-refractivity contribution in [1.29, 1.82) is 0 Å². The number of amides is 1. The van der Waals surface area contributed by atoms with Crippen LogP contribution in [-0.2, 0) is 30.4 Å². The van der Waals surface area contributed by atoms with Gasteiger partial charge in [-0.2, -0.15) is 0 Å². The second-order valence-corrected chi connectivity index (χ2v) is 11.1. The molecule has 0 radical (unpaired) electrons. The Bertz CT molecular complexity index is 881. The summed E-state index contributed by atoms with van der Waals surface area (Å²) < 4.78 is 16.5. The number of carbonyl (C=O) groups excluding carboxylic acids is 3. The van der Waals surface area contributed by atoms with Crippen molar-refractivity contribution in [1.82, 2.24) is 4.90 Å². The molecule has 7 heteroatoms. The van der Waals surface area contributed by atoms with Crippen LogP contribution in [0.5, 0.6) is 0 Å². The molecular formula is C26H35NO6. The SMILES string of the molecule is COC(=O)C12CCC(C[C@H]3C(=O)O[C@H](C(C)(C)C)N3C(=O)OCc3ccccc3)(CC1)CC2. The van der Waals surface area contributed by atoms with Gasteiger partial charge >= 0.3 is 18.0 Å². The van der Waals surface area contributed by atoms with Gasteiger partial charge < -0.3 is 14.2 Å². The Morgan fingerprint density at radius 2 is 1.67 bits per heavy atom. The van der Waals surface area contributed by atoms with Crippen LogP contribution in [-0.4, -0.2) is 42.3 Å². The van der Waals surface area contributed by atoms with E-state index in [9.17, 15) is 14.4 Å². The highest BCUT2D eigenvalue weighted by Crippen LogP contribution is 2.59. The first-order valence-electron chi connectivity index (χ1n) is 11.9. The summed E-state index contributed by atoms with van der Waals surface area (Å²) >= 11 is 0. The van der Waals surface area contributed by atoms with E-state index in [2.05, 4.69) is 0 Å². The monoisotopic (exact) mass is 457 g/mol. The quantitative estimate of drug-likeness (QED) is 0.465. The van der Waals surface area contributed by atoms with Crippen LogP contribution in [0.2, 0.25) is 0 Å². The molecule has 1 saturated heterocycles. The van der Waals surface area contributed by atoms with Gasteiger partial charge in [-0.25, -0.2) is 9.59 Å². The van der Waals surface area contributed by atoms with Crippen LogP contribution < -0.4 is 0 Å². The summed E-state index contributed by atoms with van der Waals surface area (Å²) in [6.07, 6.45) is 4.17. The fourth-order valence-electron chi connectivity index (χ4n) is 5.82. The van der Waals surface area contributed by atoms with Gasteiger partial charge in [0.25, 0.3) is 0 Å². The number of benzene rings is 1. The third-order valence-electron chi connectivity index (χ3n) is 7.89. The summed E-state index contributed by atoms with van der Waals surface area (Å²) in [5, 5.41) is 0. The predicted molar refractivity (Wildman–Crippen MR) is 121 cm³/mol. The minimum absolute atomic E-state index is 0.0792. The van der Waals surface area contributed by atoms with Crippen LogP contribution in [0, 0.1) is 16.2 Å². The lowest BCUT2D eigenvalue weighted by atomic mass is 9.52. The molecule has 1 amide bonds. The normalized spacial score (nSPS) is 31.3. The van der Waals surface area contributed by atoms with Crippen molar-refractivity contribution < 1.29 is 28.6 Å². The Morgan fingerprint density at radius 3 is 2.21 bits per heavy atom. The summed E-state index contributed by atoms with van der Waals surface area (Å²) in [5.41, 5.74) is -0.0231. The number of hydrogen-bond acceptors (Lipinski definition) is 6. The Balaban J connectivity index is 1.51. The van der Waals surface area contributed by atoms with Crippen molar-refractivity contribution >= 4 is 18.0 Å². The largest absolute Gasteiger partial charge is 0.469 e. The van der Waals surface area contributed by atoms with Gasteiger partial charge in [0.2, 0.25) is 0 Å². The predicted octanol–water partition coefficient (Wildman–Crippen LogP) is 4.83. The molecule has 1 aliphatic heterocycles. The maximum Gasteiger partial charge on any atom is 0.413 e. The summed E-state index contributed by atoms with van der Waals surface area (Å²) in [5.74, 6) is -0.480. The average molecular weight is 458 g/mol. The van der Waals surface area contributed by atoms with Gasteiger partial charge in [-0.15, -0.1) is 0 Å². The molecule has 7 nitrogen and oxygen atoms in total. The number of cyclic esters (lactones) is 1. The van der Waals surface area contributed by atoms with Crippen LogP contribution in [0.25, 0.3) is 0 Å². The third-order valence-corrected chi connectivity index (χ3v) is 7.89. The van der Waals surface area contributed by atoms with E-state index in [-0.39, 0.29) is 29.4 Å². The highest BCUT2D eigenvalue weighted by molar-refractivity contribution is 5.84. The molecule has 3 saturated carbocycles. The van der Waals surface area contributed by atoms with Gasteiger partial charge in [-0.05, 0) is 55.9 Å². The molecule has 1 aromatic rings. The van der Waals surface area contributed by atoms with E-state index < -0.39 is 23.8 Å². The molecule has 33 heavy (non-hydrogen) atoms. The number of carbonyl (C=O) groups is 3. The van der Waals surface area contributed by atoms with E-state index in [1.807, 2.05) is 51.1 Å². The lowest BCUT2D eigenvalue weighted by Gasteiger charge is -2.52. The highest BCUT2D eigenvalue weighted by Gasteiger charge is 2.57. The van der Waals surface area contributed by atoms with Crippen LogP contribution in [0.1, 0.15) is 71.3 Å². The first kappa shape index (κ1) is 23.6. The van der Waals surface area contributed by atoms with Crippen LogP contribution in [0.3, 0.4) is 0 Å². The average Bonchev–Trinajstić information content (AvgIpc) is 3.15. The van der Waals surface area contributed by atoms with E-state index in [0.717, 1.165) is 44.1 Å². The molecule has 2 atom stereocenters. The molecule has 4 aliphatic rings. The number of rotatable bonds is 5. The van der Waals surface area contributed by atoms with Crippen LogP contribution in [0.4, 0.5) is 4.79 Å². The number of esters is 2. The topological polar surface area (TPSA) is 82.1 Å². The zero-order valence-corrected chi connectivity index (χ0v) is 20.1. The molecule has 0 unspecified atom stereocenters. The Hall–Kier alpha value is -2.57. The Labute approximate surface area is 195 Å². The van der Waals surface area contributed by atoms with Gasteiger partial charge in [0, 0.05) is 5.41 Å². The van der Waals surface area contributed by atoms with Crippen molar-refractivity contribution in [2.24, 2.45) is 16.2 Å². The number of nitrogens with zero attached hydrogens (tertiary/aromatic N) is 1. The lowest BCUT2D eigenvalue weighted by Crippen LogP contribution is -2.52. The number of methoxy groups -OCH3 is 1. The molecule has 3 aliphatic carbocycles. The van der Waals surface area contributed by atoms with Crippen molar-refractivity contribution in [3.8, 4) is 0 Å². The lowest BCUT2D eigenvalue weighted by molar-refractivity contribution is -0.164. The zero-order valence-electron chi connectivity index (χ0n) is 20.1. The van der Waals surface area contributed by atoms with Crippen LogP contribution >= 0.6 is 0 Å². The van der Waals surface area contributed by atoms with Gasteiger partial charge in [-0.1, -0.05) is 51.1 Å². The minimum atomic E-state index is -0.684. The summed E-state index contributed by atoms with van der Waals surface area (Å²) in [7, 11) is 1.45. The molecule has 1 aromatic carbocycles. The van der Waals surface area contributed by atoms with Crippen molar-refractivity contribution in [2.75, 3.05) is 7.11 Å². The molecule has 5 rings (SSSR count). The fraction of sp³-hybridized carbons (Fsp3) is 0.654. The molecule has 0 spiro atoms. The van der Waals surface area contributed by atoms with Gasteiger partial charge in [0.15, 0.2) is 6.23 Å². The zero-order chi connectivity index (χ0) is 23.9. The van der Waals surface area contributed by atoms with Gasteiger partial charge in [-0.3, -0.25) is 9.69 Å². The molecular weight excluding hydrogens is 422 g/mol. The molecule has 1 heterocycles. The van der Waals surface area contributed by atoms with Gasteiger partial charge in [0.05, 0.1) is 12.5 Å². The maximum atomic E-state index is 13.3. The minimum Gasteiger partial charge on any atom is -0.469 e. The maximum absolute atomic E-state index is 13.3. The Morgan fingerprint density at radius 1 is 1.06 bits per heavy atom. The van der Waals surface area contributed by atoms with E-state index in [0.29, 0.717) is 6.42 Å². The first-order chi connectivity index (χ1) is 15.6. The second-order valence-electron chi connectivity index (χ2n) is 11.1. The second kappa shape index (κ2) is 8.65. The molecule has 0 aromatic heterocycles. The summed E-state index contributed by atoms with van der Waals surface area (Å²) in [6.45, 7) is 6.00.